The molecule has 33 heavy (non-hydrogen) atoms. The molecule has 0 aromatic carbocycles. The van der Waals surface area contributed by atoms with Crippen molar-refractivity contribution in [2.45, 2.75) is 52.2 Å². The number of rotatable bonds is 10. The van der Waals surface area contributed by atoms with Gasteiger partial charge < -0.3 is 24.8 Å². The number of aromatic amines is 1. The molecule has 0 amide bonds. The Morgan fingerprint density at radius 3 is 2.91 bits per heavy atom. The van der Waals surface area contributed by atoms with Crippen LogP contribution in [-0.4, -0.2) is 67.8 Å². The number of ether oxygens (including phenoxy) is 2. The maximum Gasteiger partial charge on any atom is 0.327 e. The van der Waals surface area contributed by atoms with Gasteiger partial charge in [0, 0.05) is 11.7 Å². The van der Waals surface area contributed by atoms with Gasteiger partial charge in [0.2, 0.25) is 5.95 Å². The maximum absolute atomic E-state index is 13.2. The van der Waals surface area contributed by atoms with Crippen molar-refractivity contribution in [3.8, 4) is 0 Å². The zero-order chi connectivity index (χ0) is 24.3. The summed E-state index contributed by atoms with van der Waals surface area (Å²) in [5.41, 5.74) is 5.48. The number of fused-ring (bicyclic) bond motifs is 1. The number of H-pyrrole nitrogens is 1. The third kappa shape index (κ3) is 5.58. The molecule has 1 fully saturated rings. The number of carbonyl (C=O) groups excluding carboxylic acids is 1. The number of anilines is 1. The molecular formula is C18H29N6O7PS. The lowest BCUT2D eigenvalue weighted by Crippen LogP contribution is -2.35. The Hall–Kier alpha value is -1.96. The van der Waals surface area contributed by atoms with E-state index >= 15 is 0 Å². The Balaban J connectivity index is 1.74. The summed E-state index contributed by atoms with van der Waals surface area (Å²) in [6.07, 6.45) is -1.11. The van der Waals surface area contributed by atoms with E-state index in [0.717, 1.165) is 11.4 Å². The largest absolute Gasteiger partial charge is 0.465 e. The molecule has 1 saturated heterocycles. The molecule has 1 aliphatic heterocycles. The van der Waals surface area contributed by atoms with Crippen LogP contribution in [0.5, 0.6) is 0 Å². The molecular weight excluding hydrogens is 475 g/mol. The second-order valence-electron chi connectivity index (χ2n) is 7.50. The Morgan fingerprint density at radius 1 is 1.52 bits per heavy atom. The van der Waals surface area contributed by atoms with Crippen LogP contribution in [-0.2, 0) is 23.4 Å². The Morgan fingerprint density at radius 2 is 2.24 bits per heavy atom. The first-order valence-electron chi connectivity index (χ1n) is 10.5. The van der Waals surface area contributed by atoms with E-state index < -0.39 is 48.6 Å². The highest BCUT2D eigenvalue weighted by molar-refractivity contribution is 8.56. The van der Waals surface area contributed by atoms with Gasteiger partial charge in [-0.1, -0.05) is 25.2 Å². The van der Waals surface area contributed by atoms with Crippen LogP contribution in [0, 0.1) is 5.92 Å². The van der Waals surface area contributed by atoms with Crippen LogP contribution in [0.25, 0.3) is 11.2 Å². The quantitative estimate of drug-likeness (QED) is 0.266. The van der Waals surface area contributed by atoms with Gasteiger partial charge in [-0.05, 0) is 13.8 Å². The molecule has 1 aliphatic rings. The van der Waals surface area contributed by atoms with Crippen molar-refractivity contribution in [3.63, 3.8) is 0 Å². The molecule has 0 spiro atoms. The Bertz CT molecular complexity index is 1090. The monoisotopic (exact) mass is 504 g/mol. The second-order valence-corrected chi connectivity index (χ2v) is 12.1. The SMILES string of the molecule is CCOC(=O)C(C)NP(=O)(OCC1OC(n2cnc3c(=O)[nH]c(N)nc32)C(C)C1O)SCC. The number of aliphatic hydroxyl groups is 1. The van der Waals surface area contributed by atoms with E-state index in [-0.39, 0.29) is 30.3 Å². The molecule has 184 valence electrons. The maximum atomic E-state index is 13.2. The number of hydrogen-bond acceptors (Lipinski definition) is 11. The predicted octanol–water partition coefficient (Wildman–Crippen LogP) is 1.02. The molecule has 6 atom stereocenters. The molecule has 0 bridgehead atoms. The Labute approximate surface area is 194 Å². The van der Waals surface area contributed by atoms with E-state index in [1.807, 2.05) is 0 Å². The second kappa shape index (κ2) is 10.5. The summed E-state index contributed by atoms with van der Waals surface area (Å²) in [5.74, 6) is -0.574. The third-order valence-corrected chi connectivity index (χ3v) is 9.33. The highest BCUT2D eigenvalue weighted by atomic mass is 32.7. The average molecular weight is 505 g/mol. The van der Waals surface area contributed by atoms with Crippen LogP contribution in [0.4, 0.5) is 5.95 Å². The first-order valence-corrected chi connectivity index (χ1v) is 13.7. The minimum Gasteiger partial charge on any atom is -0.465 e. The smallest absolute Gasteiger partial charge is 0.327 e. The van der Waals surface area contributed by atoms with E-state index in [4.69, 9.17) is 19.7 Å². The molecule has 2 aromatic rings. The molecule has 6 unspecified atom stereocenters. The van der Waals surface area contributed by atoms with E-state index in [9.17, 15) is 19.3 Å². The summed E-state index contributed by atoms with van der Waals surface area (Å²) in [6.45, 7) is 3.29. The van der Waals surface area contributed by atoms with Gasteiger partial charge >= 0.3 is 12.7 Å². The third-order valence-electron chi connectivity index (χ3n) is 5.11. The van der Waals surface area contributed by atoms with Gasteiger partial charge in [0.05, 0.1) is 25.6 Å². The molecule has 13 nitrogen and oxygen atoms in total. The Kier molecular flexibility index (Phi) is 8.19. The summed E-state index contributed by atoms with van der Waals surface area (Å²) in [4.78, 5) is 34.6. The lowest BCUT2D eigenvalue weighted by molar-refractivity contribution is -0.144. The van der Waals surface area contributed by atoms with Gasteiger partial charge in [-0.25, -0.2) is 10.1 Å². The highest BCUT2D eigenvalue weighted by Gasteiger charge is 2.44. The number of nitrogens with one attached hydrogen (secondary N) is 2. The van der Waals surface area contributed by atoms with Crippen LogP contribution >= 0.6 is 18.1 Å². The number of hydrogen-bond donors (Lipinski definition) is 4. The molecule has 2 aromatic heterocycles. The van der Waals surface area contributed by atoms with Crippen LogP contribution in [0.3, 0.4) is 0 Å². The topological polar surface area (TPSA) is 184 Å². The van der Waals surface area contributed by atoms with Crippen molar-refractivity contribution in [2.24, 2.45) is 5.92 Å². The zero-order valence-electron chi connectivity index (χ0n) is 18.8. The van der Waals surface area contributed by atoms with E-state index in [0.29, 0.717) is 5.75 Å². The molecule has 0 saturated carbocycles. The zero-order valence-corrected chi connectivity index (χ0v) is 20.5. The number of nitrogen functional groups attached to an aromatic ring is 1. The minimum absolute atomic E-state index is 0.0698. The van der Waals surface area contributed by atoms with Gasteiger partial charge in [-0.15, -0.1) is 0 Å². The van der Waals surface area contributed by atoms with Crippen LogP contribution in [0.2, 0.25) is 0 Å². The average Bonchev–Trinajstić information content (AvgIpc) is 3.28. The summed E-state index contributed by atoms with van der Waals surface area (Å²) in [7, 11) is 0. The molecule has 5 N–H and O–H groups in total. The van der Waals surface area contributed by atoms with Crippen LogP contribution in [0.1, 0.15) is 33.9 Å². The summed E-state index contributed by atoms with van der Waals surface area (Å²) in [5, 5.41) is 13.4. The summed E-state index contributed by atoms with van der Waals surface area (Å²) < 4.78 is 31.4. The minimum atomic E-state index is -3.50. The molecule has 15 heteroatoms. The lowest BCUT2D eigenvalue weighted by atomic mass is 10.0. The molecule has 3 heterocycles. The number of nitrogens with two attached hydrogens (primary N) is 1. The standard InChI is InChI=1S/C18H29N6O7PS/c1-5-29-17(27)10(4)23-32(28,33-6-2)30-7-11-13(25)9(3)16(31-11)24-8-20-12-14(24)21-18(19)22-15(12)26/h8-11,13,16,25H,5-7H2,1-4H3,(H,23,28)(H3,19,21,22,26). The van der Waals surface area contributed by atoms with Crippen LogP contribution < -0.4 is 16.4 Å². The van der Waals surface area contributed by atoms with E-state index in [1.54, 1.807) is 20.8 Å². The van der Waals surface area contributed by atoms with Crippen molar-refractivity contribution >= 4 is 41.2 Å². The van der Waals surface area contributed by atoms with Crippen molar-refractivity contribution in [3.05, 3.63) is 16.7 Å². The summed E-state index contributed by atoms with van der Waals surface area (Å²) in [6, 6.07) is -0.845. The van der Waals surface area contributed by atoms with Crippen molar-refractivity contribution < 1.29 is 28.5 Å². The van der Waals surface area contributed by atoms with Crippen molar-refractivity contribution in [2.75, 3.05) is 24.7 Å². The van der Waals surface area contributed by atoms with Crippen molar-refractivity contribution in [1.82, 2.24) is 24.6 Å². The first-order chi connectivity index (χ1) is 15.6. The fourth-order valence-corrected chi connectivity index (χ4v) is 7.10. The van der Waals surface area contributed by atoms with Gasteiger partial charge in [0.15, 0.2) is 11.2 Å². The first kappa shape index (κ1) is 25.7. The fourth-order valence-electron chi connectivity index (χ4n) is 3.49. The van der Waals surface area contributed by atoms with Gasteiger partial charge in [0.25, 0.3) is 5.56 Å². The molecule has 3 rings (SSSR count). The highest BCUT2D eigenvalue weighted by Crippen LogP contribution is 2.56. The van der Waals surface area contributed by atoms with Crippen molar-refractivity contribution in [1.29, 1.82) is 0 Å². The number of aliphatic hydroxyl groups excluding tert-OH is 1. The van der Waals surface area contributed by atoms with E-state index in [1.165, 1.54) is 17.8 Å². The van der Waals surface area contributed by atoms with E-state index in [2.05, 4.69) is 20.0 Å². The van der Waals surface area contributed by atoms with Gasteiger partial charge in [-0.2, -0.15) is 4.98 Å². The van der Waals surface area contributed by atoms with Gasteiger partial charge in [-0.3, -0.25) is 23.7 Å². The molecule has 0 radical (unpaired) electrons. The fraction of sp³-hybridized carbons (Fsp3) is 0.667. The van der Waals surface area contributed by atoms with Crippen LogP contribution in [0.15, 0.2) is 11.1 Å². The molecule has 0 aliphatic carbocycles. The number of carbonyl (C=O) groups is 1. The number of nitrogens with zero attached hydrogens (tertiary/aromatic N) is 3. The predicted molar refractivity (Wildman–Crippen MR) is 123 cm³/mol. The lowest BCUT2D eigenvalue weighted by Gasteiger charge is -2.24. The number of aromatic nitrogens is 4. The summed E-state index contributed by atoms with van der Waals surface area (Å²) >= 11 is 1.03. The van der Waals surface area contributed by atoms with Gasteiger partial charge in [0.1, 0.15) is 18.4 Å². The number of imidazole rings is 1. The normalized spacial score (nSPS) is 25.7. The number of esters is 1.